The molecule has 4 aromatic rings. The van der Waals surface area contributed by atoms with Crippen molar-refractivity contribution in [3.05, 3.63) is 89.8 Å². The highest BCUT2D eigenvalue weighted by molar-refractivity contribution is 6.00. The molecular formula is C23H20FN5O. The molecule has 0 aliphatic heterocycles. The lowest BCUT2D eigenvalue weighted by Gasteiger charge is -2.24. The van der Waals surface area contributed by atoms with Gasteiger partial charge in [-0.1, -0.05) is 30.3 Å². The maximum atomic E-state index is 14.3. The van der Waals surface area contributed by atoms with Gasteiger partial charge in [0.15, 0.2) is 0 Å². The number of imidazole rings is 1. The Morgan fingerprint density at radius 2 is 2.00 bits per heavy atom. The van der Waals surface area contributed by atoms with Gasteiger partial charge in [0.2, 0.25) is 0 Å². The zero-order valence-electron chi connectivity index (χ0n) is 16.2. The van der Waals surface area contributed by atoms with E-state index < -0.39 is 0 Å². The lowest BCUT2D eigenvalue weighted by Crippen LogP contribution is -2.31. The summed E-state index contributed by atoms with van der Waals surface area (Å²) in [4.78, 5) is 20.5. The van der Waals surface area contributed by atoms with E-state index in [2.05, 4.69) is 20.4 Å². The number of fused-ring (bicyclic) bond motifs is 1. The molecule has 7 heteroatoms. The van der Waals surface area contributed by atoms with Crippen LogP contribution in [-0.4, -0.2) is 25.7 Å². The van der Waals surface area contributed by atoms with Gasteiger partial charge < -0.3 is 10.3 Å². The molecule has 0 bridgehead atoms. The van der Waals surface area contributed by atoms with Gasteiger partial charge in [0, 0.05) is 29.2 Å². The number of carbonyl (C=O) groups is 1. The first-order valence-corrected chi connectivity index (χ1v) is 9.93. The second kappa shape index (κ2) is 7.59. The summed E-state index contributed by atoms with van der Waals surface area (Å²) in [5.41, 5.74) is 3.61. The van der Waals surface area contributed by atoms with Gasteiger partial charge in [-0.2, -0.15) is 5.10 Å². The summed E-state index contributed by atoms with van der Waals surface area (Å²) < 4.78 is 15.9. The van der Waals surface area contributed by atoms with E-state index in [0.717, 1.165) is 36.1 Å². The van der Waals surface area contributed by atoms with Crippen LogP contribution in [0, 0.1) is 5.82 Å². The Labute approximate surface area is 172 Å². The quantitative estimate of drug-likeness (QED) is 0.538. The highest BCUT2D eigenvalue weighted by Gasteiger charge is 2.27. The standard InChI is InChI=1S/C23H20FN5O/c24-18-8-3-4-10-21(18)29-20-11-5-9-19(17(20)14-27-29)28-23(30)16-7-2-1-6-15(16)22-25-12-13-26-22/h1-4,6-8,10,12-14,19H,5,9,11H2,(H,25,26)(H,28,30)/t19-/m1/s1. The van der Waals surface area contributed by atoms with Crippen molar-refractivity contribution < 1.29 is 9.18 Å². The van der Waals surface area contributed by atoms with Crippen LogP contribution in [0.25, 0.3) is 17.1 Å². The zero-order chi connectivity index (χ0) is 20.5. The summed E-state index contributed by atoms with van der Waals surface area (Å²) in [5, 5.41) is 7.57. The van der Waals surface area contributed by atoms with Crippen molar-refractivity contribution in [2.24, 2.45) is 0 Å². The van der Waals surface area contributed by atoms with E-state index in [9.17, 15) is 9.18 Å². The number of hydrogen-bond acceptors (Lipinski definition) is 3. The third-order valence-corrected chi connectivity index (χ3v) is 5.49. The zero-order valence-corrected chi connectivity index (χ0v) is 16.2. The Hall–Kier alpha value is -3.74. The van der Waals surface area contributed by atoms with E-state index in [-0.39, 0.29) is 17.8 Å². The van der Waals surface area contributed by atoms with Crippen LogP contribution in [0.2, 0.25) is 0 Å². The molecule has 2 N–H and O–H groups in total. The van der Waals surface area contributed by atoms with Crippen molar-refractivity contribution in [1.29, 1.82) is 0 Å². The van der Waals surface area contributed by atoms with E-state index >= 15 is 0 Å². The van der Waals surface area contributed by atoms with E-state index in [4.69, 9.17) is 0 Å². The number of halogens is 1. The van der Waals surface area contributed by atoms with Crippen LogP contribution in [0.5, 0.6) is 0 Å². The van der Waals surface area contributed by atoms with Crippen molar-refractivity contribution in [2.45, 2.75) is 25.3 Å². The minimum atomic E-state index is -0.318. The van der Waals surface area contributed by atoms with E-state index in [1.54, 1.807) is 47.5 Å². The minimum absolute atomic E-state index is 0.168. The lowest BCUT2D eigenvalue weighted by molar-refractivity contribution is 0.0933. The third-order valence-electron chi connectivity index (χ3n) is 5.49. The topological polar surface area (TPSA) is 75.6 Å². The van der Waals surface area contributed by atoms with Crippen LogP contribution in [0.15, 0.2) is 67.1 Å². The summed E-state index contributed by atoms with van der Waals surface area (Å²) >= 11 is 0. The Morgan fingerprint density at radius 3 is 2.83 bits per heavy atom. The van der Waals surface area contributed by atoms with Crippen LogP contribution < -0.4 is 5.32 Å². The van der Waals surface area contributed by atoms with E-state index in [1.807, 2.05) is 18.2 Å². The smallest absolute Gasteiger partial charge is 0.252 e. The Balaban J connectivity index is 1.45. The molecule has 0 saturated heterocycles. The molecule has 6 nitrogen and oxygen atoms in total. The van der Waals surface area contributed by atoms with Gasteiger partial charge in [-0.25, -0.2) is 14.1 Å². The molecule has 1 atom stereocenters. The number of amides is 1. The molecule has 2 aromatic carbocycles. The van der Waals surface area contributed by atoms with Crippen LogP contribution in [-0.2, 0) is 6.42 Å². The molecule has 1 amide bonds. The summed E-state index contributed by atoms with van der Waals surface area (Å²) in [6.07, 6.45) is 7.62. The number of rotatable bonds is 4. The first kappa shape index (κ1) is 18.3. The average Bonchev–Trinajstić information content (AvgIpc) is 3.45. The van der Waals surface area contributed by atoms with Gasteiger partial charge in [-0.15, -0.1) is 0 Å². The van der Waals surface area contributed by atoms with E-state index in [0.29, 0.717) is 17.1 Å². The van der Waals surface area contributed by atoms with Gasteiger partial charge in [-0.3, -0.25) is 4.79 Å². The fraction of sp³-hybridized carbons (Fsp3) is 0.174. The summed E-state index contributed by atoms with van der Waals surface area (Å²) in [6.45, 7) is 0. The van der Waals surface area contributed by atoms with Gasteiger partial charge in [0.05, 0.1) is 17.8 Å². The first-order valence-electron chi connectivity index (χ1n) is 9.93. The predicted octanol–water partition coefficient (Wildman–Crippen LogP) is 4.21. The van der Waals surface area contributed by atoms with Crippen molar-refractivity contribution in [3.8, 4) is 17.1 Å². The third kappa shape index (κ3) is 3.18. The molecule has 2 heterocycles. The Morgan fingerprint density at radius 1 is 1.17 bits per heavy atom. The summed E-state index contributed by atoms with van der Waals surface area (Å²) in [6, 6.07) is 13.8. The SMILES string of the molecule is O=C(N[C@@H]1CCCc2c1cnn2-c1ccccc1F)c1ccccc1-c1ncc[nH]1. The first-order chi connectivity index (χ1) is 14.7. The molecule has 1 aliphatic carbocycles. The number of benzene rings is 2. The normalized spacial score (nSPS) is 15.6. The Bertz CT molecular complexity index is 1200. The molecule has 0 spiro atoms. The van der Waals surface area contributed by atoms with Crippen molar-refractivity contribution in [1.82, 2.24) is 25.1 Å². The predicted molar refractivity (Wildman–Crippen MR) is 111 cm³/mol. The van der Waals surface area contributed by atoms with E-state index in [1.165, 1.54) is 6.07 Å². The lowest BCUT2D eigenvalue weighted by atomic mass is 9.92. The molecule has 0 fully saturated rings. The number of carbonyl (C=O) groups excluding carboxylic acids is 1. The Kier molecular flexibility index (Phi) is 4.63. The molecular weight excluding hydrogens is 381 g/mol. The van der Waals surface area contributed by atoms with Crippen LogP contribution in [0.3, 0.4) is 0 Å². The van der Waals surface area contributed by atoms with Crippen LogP contribution in [0.1, 0.15) is 40.5 Å². The number of H-pyrrole nitrogens is 1. The molecule has 0 saturated carbocycles. The molecule has 2 aromatic heterocycles. The summed E-state index contributed by atoms with van der Waals surface area (Å²) in [5.74, 6) is 0.165. The van der Waals surface area contributed by atoms with Crippen LogP contribution >= 0.6 is 0 Å². The van der Waals surface area contributed by atoms with Crippen molar-refractivity contribution in [3.63, 3.8) is 0 Å². The fourth-order valence-corrected chi connectivity index (χ4v) is 4.07. The molecule has 1 aliphatic rings. The number of para-hydroxylation sites is 1. The van der Waals surface area contributed by atoms with Crippen LogP contribution in [0.4, 0.5) is 4.39 Å². The highest BCUT2D eigenvalue weighted by atomic mass is 19.1. The molecule has 0 unspecified atom stereocenters. The number of nitrogens with zero attached hydrogens (tertiary/aromatic N) is 3. The molecule has 150 valence electrons. The number of aromatic nitrogens is 4. The number of hydrogen-bond donors (Lipinski definition) is 2. The van der Waals surface area contributed by atoms with Gasteiger partial charge >= 0.3 is 0 Å². The van der Waals surface area contributed by atoms with Gasteiger partial charge in [0.25, 0.3) is 5.91 Å². The second-order valence-corrected chi connectivity index (χ2v) is 7.31. The molecule has 5 rings (SSSR count). The number of nitrogens with one attached hydrogen (secondary N) is 2. The largest absolute Gasteiger partial charge is 0.345 e. The molecule has 0 radical (unpaired) electrons. The summed E-state index contributed by atoms with van der Waals surface area (Å²) in [7, 11) is 0. The maximum Gasteiger partial charge on any atom is 0.252 e. The highest BCUT2D eigenvalue weighted by Crippen LogP contribution is 2.32. The molecule has 30 heavy (non-hydrogen) atoms. The number of aromatic amines is 1. The van der Waals surface area contributed by atoms with Gasteiger partial charge in [-0.05, 0) is 37.5 Å². The van der Waals surface area contributed by atoms with Crippen molar-refractivity contribution in [2.75, 3.05) is 0 Å². The van der Waals surface area contributed by atoms with Gasteiger partial charge in [0.1, 0.15) is 17.3 Å². The van der Waals surface area contributed by atoms with Crippen molar-refractivity contribution >= 4 is 5.91 Å². The maximum absolute atomic E-state index is 14.3. The minimum Gasteiger partial charge on any atom is -0.345 e. The second-order valence-electron chi connectivity index (χ2n) is 7.31. The average molecular weight is 401 g/mol. The fourth-order valence-electron chi connectivity index (χ4n) is 4.07. The monoisotopic (exact) mass is 401 g/mol.